The molecular weight excluding hydrogens is 210 g/mol. The smallest absolute Gasteiger partial charge is 0.0416 e. The molecule has 1 fully saturated rings. The van der Waals surface area contributed by atoms with Crippen molar-refractivity contribution >= 4 is 0 Å². The standard InChI is InChI=1S/C14H23N3/c15-9-7-14-6-2-4-11-17(14)12-8-13-5-1-3-10-16-13/h1,3,5,10,14H,2,4,6-9,11-12,15H2. The number of nitrogens with zero attached hydrogens (tertiary/aromatic N) is 2. The van der Waals surface area contributed by atoms with Gasteiger partial charge in [0, 0.05) is 30.9 Å². The van der Waals surface area contributed by atoms with Crippen LogP contribution in [0.3, 0.4) is 0 Å². The van der Waals surface area contributed by atoms with Gasteiger partial charge in [-0.1, -0.05) is 12.5 Å². The van der Waals surface area contributed by atoms with Gasteiger partial charge in [-0.2, -0.15) is 0 Å². The lowest BCUT2D eigenvalue weighted by Crippen LogP contribution is -2.41. The second-order valence-electron chi connectivity index (χ2n) is 4.83. The number of likely N-dealkylation sites (tertiary alicyclic amines) is 1. The second kappa shape index (κ2) is 6.72. The number of pyridine rings is 1. The zero-order valence-electron chi connectivity index (χ0n) is 10.5. The summed E-state index contributed by atoms with van der Waals surface area (Å²) in [5.41, 5.74) is 6.89. The lowest BCUT2D eigenvalue weighted by atomic mass is 9.99. The predicted octanol–water partition coefficient (Wildman–Crippen LogP) is 1.83. The summed E-state index contributed by atoms with van der Waals surface area (Å²) in [6, 6.07) is 6.86. The molecule has 1 aliphatic heterocycles. The summed E-state index contributed by atoms with van der Waals surface area (Å²) in [6.45, 7) is 3.17. The minimum absolute atomic E-state index is 0.706. The van der Waals surface area contributed by atoms with Gasteiger partial charge in [0.05, 0.1) is 0 Å². The van der Waals surface area contributed by atoms with Crippen molar-refractivity contribution in [3.8, 4) is 0 Å². The summed E-state index contributed by atoms with van der Waals surface area (Å²) in [4.78, 5) is 6.99. The van der Waals surface area contributed by atoms with Crippen molar-refractivity contribution in [1.82, 2.24) is 9.88 Å². The summed E-state index contributed by atoms with van der Waals surface area (Å²) >= 11 is 0. The highest BCUT2D eigenvalue weighted by Gasteiger charge is 2.20. The average molecular weight is 233 g/mol. The summed E-state index contributed by atoms with van der Waals surface area (Å²) in [5.74, 6) is 0. The highest BCUT2D eigenvalue weighted by Crippen LogP contribution is 2.19. The zero-order chi connectivity index (χ0) is 11.9. The van der Waals surface area contributed by atoms with E-state index >= 15 is 0 Å². The number of nitrogens with two attached hydrogens (primary N) is 1. The Bertz CT molecular complexity index is 311. The van der Waals surface area contributed by atoms with Crippen molar-refractivity contribution < 1.29 is 0 Å². The molecule has 0 radical (unpaired) electrons. The molecule has 0 spiro atoms. The van der Waals surface area contributed by atoms with Gasteiger partial charge in [-0.15, -0.1) is 0 Å². The van der Waals surface area contributed by atoms with Gasteiger partial charge in [-0.05, 0) is 44.5 Å². The van der Waals surface area contributed by atoms with Gasteiger partial charge in [0.25, 0.3) is 0 Å². The predicted molar refractivity (Wildman–Crippen MR) is 70.8 cm³/mol. The lowest BCUT2D eigenvalue weighted by molar-refractivity contribution is 0.143. The molecule has 1 aromatic rings. The van der Waals surface area contributed by atoms with E-state index < -0.39 is 0 Å². The van der Waals surface area contributed by atoms with Crippen LogP contribution >= 0.6 is 0 Å². The largest absolute Gasteiger partial charge is 0.330 e. The highest BCUT2D eigenvalue weighted by atomic mass is 15.2. The molecule has 3 heteroatoms. The summed E-state index contributed by atoms with van der Waals surface area (Å²) in [7, 11) is 0. The molecule has 3 nitrogen and oxygen atoms in total. The molecule has 1 aliphatic rings. The van der Waals surface area contributed by atoms with E-state index in [0.717, 1.165) is 25.9 Å². The van der Waals surface area contributed by atoms with E-state index in [0.29, 0.717) is 6.04 Å². The maximum atomic E-state index is 5.69. The lowest BCUT2D eigenvalue weighted by Gasteiger charge is -2.35. The van der Waals surface area contributed by atoms with Crippen LogP contribution in [-0.2, 0) is 6.42 Å². The van der Waals surface area contributed by atoms with E-state index in [1.807, 2.05) is 12.3 Å². The first-order valence-electron chi connectivity index (χ1n) is 6.74. The fourth-order valence-corrected chi connectivity index (χ4v) is 2.68. The van der Waals surface area contributed by atoms with Crippen molar-refractivity contribution in [2.24, 2.45) is 5.73 Å². The van der Waals surface area contributed by atoms with Gasteiger partial charge in [0.15, 0.2) is 0 Å². The fourth-order valence-electron chi connectivity index (χ4n) is 2.68. The van der Waals surface area contributed by atoms with E-state index in [2.05, 4.69) is 22.0 Å². The molecule has 2 N–H and O–H groups in total. The Morgan fingerprint density at radius 3 is 3.06 bits per heavy atom. The number of hydrogen-bond donors (Lipinski definition) is 1. The van der Waals surface area contributed by atoms with Crippen LogP contribution in [-0.4, -0.2) is 35.6 Å². The molecule has 1 saturated heterocycles. The van der Waals surface area contributed by atoms with Gasteiger partial charge in [-0.3, -0.25) is 9.88 Å². The third kappa shape index (κ3) is 3.79. The Morgan fingerprint density at radius 1 is 1.35 bits per heavy atom. The van der Waals surface area contributed by atoms with E-state index in [-0.39, 0.29) is 0 Å². The van der Waals surface area contributed by atoms with Crippen molar-refractivity contribution in [1.29, 1.82) is 0 Å². The SMILES string of the molecule is NCCC1CCCCN1CCc1ccccn1. The quantitative estimate of drug-likeness (QED) is 0.843. The third-order valence-corrected chi connectivity index (χ3v) is 3.63. The molecule has 1 atom stereocenters. The van der Waals surface area contributed by atoms with Crippen LogP contribution in [0.1, 0.15) is 31.4 Å². The number of aromatic nitrogens is 1. The normalized spacial score (nSPS) is 21.6. The molecule has 0 aromatic carbocycles. The second-order valence-corrected chi connectivity index (χ2v) is 4.83. The van der Waals surface area contributed by atoms with Gasteiger partial charge in [0.2, 0.25) is 0 Å². The van der Waals surface area contributed by atoms with Gasteiger partial charge >= 0.3 is 0 Å². The average Bonchev–Trinajstić information content (AvgIpc) is 2.39. The van der Waals surface area contributed by atoms with Crippen LogP contribution in [0.15, 0.2) is 24.4 Å². The van der Waals surface area contributed by atoms with Crippen LogP contribution in [0.4, 0.5) is 0 Å². The number of hydrogen-bond acceptors (Lipinski definition) is 3. The van der Waals surface area contributed by atoms with Crippen molar-refractivity contribution in [3.05, 3.63) is 30.1 Å². The molecule has 1 aromatic heterocycles. The molecule has 94 valence electrons. The fraction of sp³-hybridized carbons (Fsp3) is 0.643. The van der Waals surface area contributed by atoms with E-state index in [9.17, 15) is 0 Å². The topological polar surface area (TPSA) is 42.1 Å². The Balaban J connectivity index is 1.84. The van der Waals surface area contributed by atoms with Crippen molar-refractivity contribution in [3.63, 3.8) is 0 Å². The van der Waals surface area contributed by atoms with Gasteiger partial charge in [-0.25, -0.2) is 0 Å². The van der Waals surface area contributed by atoms with Crippen molar-refractivity contribution in [2.75, 3.05) is 19.6 Å². The summed E-state index contributed by atoms with van der Waals surface area (Å²) < 4.78 is 0. The molecule has 0 saturated carbocycles. The van der Waals surface area contributed by atoms with Gasteiger partial charge in [0.1, 0.15) is 0 Å². The molecule has 0 aliphatic carbocycles. The summed E-state index contributed by atoms with van der Waals surface area (Å²) in [5, 5.41) is 0. The maximum absolute atomic E-state index is 5.69. The van der Waals surface area contributed by atoms with Crippen LogP contribution in [0.2, 0.25) is 0 Å². The first-order chi connectivity index (χ1) is 8.40. The molecule has 2 heterocycles. The Labute approximate surface area is 104 Å². The highest BCUT2D eigenvalue weighted by molar-refractivity contribution is 5.03. The van der Waals surface area contributed by atoms with E-state index in [4.69, 9.17) is 5.73 Å². The monoisotopic (exact) mass is 233 g/mol. The number of piperidine rings is 1. The number of rotatable bonds is 5. The third-order valence-electron chi connectivity index (χ3n) is 3.63. The molecular formula is C14H23N3. The molecule has 2 rings (SSSR count). The minimum Gasteiger partial charge on any atom is -0.330 e. The van der Waals surface area contributed by atoms with Crippen LogP contribution in [0.25, 0.3) is 0 Å². The van der Waals surface area contributed by atoms with Crippen molar-refractivity contribution in [2.45, 2.75) is 38.1 Å². The molecule has 17 heavy (non-hydrogen) atoms. The maximum Gasteiger partial charge on any atom is 0.0416 e. The van der Waals surface area contributed by atoms with E-state index in [1.54, 1.807) is 0 Å². The molecule has 0 amide bonds. The first kappa shape index (κ1) is 12.5. The molecule has 1 unspecified atom stereocenters. The Morgan fingerprint density at radius 2 is 2.29 bits per heavy atom. The van der Waals surface area contributed by atoms with E-state index in [1.165, 1.54) is 31.5 Å². The Hall–Kier alpha value is -0.930. The van der Waals surface area contributed by atoms with Crippen LogP contribution in [0.5, 0.6) is 0 Å². The van der Waals surface area contributed by atoms with Gasteiger partial charge < -0.3 is 5.73 Å². The minimum atomic E-state index is 0.706. The zero-order valence-corrected chi connectivity index (χ0v) is 10.5. The summed E-state index contributed by atoms with van der Waals surface area (Å²) in [6.07, 6.45) is 8.10. The van der Waals surface area contributed by atoms with Crippen LogP contribution in [0, 0.1) is 0 Å². The van der Waals surface area contributed by atoms with Crippen LogP contribution < -0.4 is 5.73 Å². The Kier molecular flexibility index (Phi) is 4.95. The molecule has 0 bridgehead atoms. The first-order valence-corrected chi connectivity index (χ1v) is 6.74.